The second-order valence-electron chi connectivity index (χ2n) is 11.0. The lowest BCUT2D eigenvalue weighted by Gasteiger charge is -2.26. The van der Waals surface area contributed by atoms with Crippen LogP contribution in [0.5, 0.6) is 5.75 Å². The molecule has 49 heavy (non-hydrogen) atoms. The Labute approximate surface area is 288 Å². The summed E-state index contributed by atoms with van der Waals surface area (Å²) in [4.78, 5) is 68.0. The van der Waals surface area contributed by atoms with Gasteiger partial charge in [0, 0.05) is 47.9 Å². The van der Waals surface area contributed by atoms with Crippen molar-refractivity contribution in [2.45, 2.75) is 12.8 Å². The van der Waals surface area contributed by atoms with Crippen molar-refractivity contribution in [1.29, 1.82) is 0 Å². The van der Waals surface area contributed by atoms with Crippen LogP contribution < -0.4 is 30.1 Å². The van der Waals surface area contributed by atoms with Crippen LogP contribution in [0, 0.1) is 0 Å². The average molecular weight is 686 g/mol. The smallest absolute Gasteiger partial charge is 0.319 e. The molecule has 0 fully saturated rings. The zero-order valence-corrected chi connectivity index (χ0v) is 27.9. The first kappa shape index (κ1) is 36.0. The fourth-order valence-corrected chi connectivity index (χ4v) is 4.81. The van der Waals surface area contributed by atoms with Gasteiger partial charge in [0.25, 0.3) is 5.91 Å². The van der Waals surface area contributed by atoms with Crippen molar-refractivity contribution in [3.05, 3.63) is 114 Å². The quantitative estimate of drug-likeness (QED) is 0.171. The Balaban J connectivity index is 1.48. The van der Waals surface area contributed by atoms with E-state index in [1.165, 1.54) is 33.8 Å². The highest BCUT2D eigenvalue weighted by Gasteiger charge is 2.23. The van der Waals surface area contributed by atoms with Crippen LogP contribution in [0.4, 0.5) is 27.5 Å². The lowest BCUT2D eigenvalue weighted by Crippen LogP contribution is -2.46. The predicted molar refractivity (Wildman–Crippen MR) is 189 cm³/mol. The van der Waals surface area contributed by atoms with Crippen molar-refractivity contribution in [3.63, 3.8) is 0 Å². The molecular formula is C36H36ClN5O7. The van der Waals surface area contributed by atoms with Crippen molar-refractivity contribution in [2.24, 2.45) is 0 Å². The molecule has 5 amide bonds. The number of urea groups is 1. The molecule has 0 spiro atoms. The number of nitrogens with one attached hydrogen (secondary N) is 2. The summed E-state index contributed by atoms with van der Waals surface area (Å²) >= 11 is 6.06. The Morgan fingerprint density at radius 3 is 2.12 bits per heavy atom. The van der Waals surface area contributed by atoms with E-state index in [1.807, 2.05) is 6.07 Å². The molecule has 1 unspecified atom stereocenters. The number of anilines is 4. The molecule has 0 radical (unpaired) electrons. The van der Waals surface area contributed by atoms with Crippen LogP contribution in [0.25, 0.3) is 0 Å². The number of carboxylic acids is 1. The number of carbonyl (C=O) groups excluding carboxylic acids is 4. The van der Waals surface area contributed by atoms with Gasteiger partial charge in [-0.05, 0) is 67.1 Å². The Bertz CT molecular complexity index is 1820. The fourth-order valence-electron chi connectivity index (χ4n) is 4.63. The normalized spacial score (nSPS) is 11.1. The van der Waals surface area contributed by atoms with E-state index >= 15 is 0 Å². The Kier molecular flexibility index (Phi) is 12.3. The third kappa shape index (κ3) is 10.1. The lowest BCUT2D eigenvalue weighted by molar-refractivity contribution is -0.138. The number of rotatable bonds is 13. The van der Waals surface area contributed by atoms with Crippen LogP contribution in [-0.2, 0) is 19.2 Å². The van der Waals surface area contributed by atoms with Gasteiger partial charge in [-0.3, -0.25) is 19.2 Å². The maximum absolute atomic E-state index is 13.6. The SMILES string of the molecule is CC(C(=O)O)c1cccc(NC(=O)NCC(=O)N(CC(=O)N(C)c2ccccc2)c2cccc(OCC(=O)N(C)c3cccc(Cl)c3)c2)c1. The first-order chi connectivity index (χ1) is 23.4. The molecule has 0 aliphatic carbocycles. The maximum Gasteiger partial charge on any atom is 0.319 e. The molecule has 13 heteroatoms. The van der Waals surface area contributed by atoms with E-state index in [2.05, 4.69) is 10.6 Å². The summed E-state index contributed by atoms with van der Waals surface area (Å²) in [5.74, 6) is -2.88. The molecule has 0 saturated heterocycles. The molecule has 4 rings (SSSR count). The summed E-state index contributed by atoms with van der Waals surface area (Å²) in [6, 6.07) is 27.8. The summed E-state index contributed by atoms with van der Waals surface area (Å²) in [5, 5.41) is 14.9. The first-order valence-electron chi connectivity index (χ1n) is 15.2. The molecule has 12 nitrogen and oxygen atoms in total. The summed E-state index contributed by atoms with van der Waals surface area (Å²) in [7, 11) is 3.19. The van der Waals surface area contributed by atoms with Gasteiger partial charge in [-0.2, -0.15) is 0 Å². The zero-order valence-electron chi connectivity index (χ0n) is 27.1. The van der Waals surface area contributed by atoms with Gasteiger partial charge in [0.05, 0.1) is 12.5 Å². The van der Waals surface area contributed by atoms with Crippen molar-refractivity contribution < 1.29 is 33.8 Å². The zero-order chi connectivity index (χ0) is 35.5. The van der Waals surface area contributed by atoms with Gasteiger partial charge in [-0.1, -0.05) is 54.1 Å². The number of carbonyl (C=O) groups is 5. The Hall–Kier alpha value is -5.88. The van der Waals surface area contributed by atoms with E-state index in [0.29, 0.717) is 33.3 Å². The minimum absolute atomic E-state index is 0.271. The van der Waals surface area contributed by atoms with Crippen LogP contribution in [0.3, 0.4) is 0 Å². The molecule has 3 N–H and O–H groups in total. The van der Waals surface area contributed by atoms with Crippen LogP contribution >= 0.6 is 11.6 Å². The molecule has 254 valence electrons. The molecule has 0 aliphatic rings. The molecule has 0 aliphatic heterocycles. The fraction of sp³-hybridized carbons (Fsp3) is 0.194. The predicted octanol–water partition coefficient (Wildman–Crippen LogP) is 5.39. The molecule has 1 atom stereocenters. The van der Waals surface area contributed by atoms with E-state index in [0.717, 1.165) is 0 Å². The highest BCUT2D eigenvalue weighted by molar-refractivity contribution is 6.30. The van der Waals surface area contributed by atoms with Gasteiger partial charge in [-0.15, -0.1) is 0 Å². The van der Waals surface area contributed by atoms with Crippen molar-refractivity contribution in [3.8, 4) is 5.75 Å². The Morgan fingerprint density at radius 1 is 0.755 bits per heavy atom. The van der Waals surface area contributed by atoms with Gasteiger partial charge in [0.2, 0.25) is 11.8 Å². The molecule has 0 heterocycles. The van der Waals surface area contributed by atoms with Crippen molar-refractivity contribution in [2.75, 3.05) is 53.8 Å². The van der Waals surface area contributed by atoms with Crippen LogP contribution in [0.15, 0.2) is 103 Å². The number of likely N-dealkylation sites (N-methyl/N-ethyl adjacent to an activating group) is 2. The molecule has 4 aromatic carbocycles. The maximum atomic E-state index is 13.6. The summed E-state index contributed by atoms with van der Waals surface area (Å²) in [6.45, 7) is 0.364. The summed E-state index contributed by atoms with van der Waals surface area (Å²) in [6.07, 6.45) is 0. The monoisotopic (exact) mass is 685 g/mol. The van der Waals surface area contributed by atoms with Gasteiger partial charge in [0.15, 0.2) is 6.61 Å². The number of ether oxygens (including phenoxy) is 1. The highest BCUT2D eigenvalue weighted by Crippen LogP contribution is 2.24. The van der Waals surface area contributed by atoms with E-state index in [9.17, 15) is 29.1 Å². The third-order valence-electron chi connectivity index (χ3n) is 7.59. The third-order valence-corrected chi connectivity index (χ3v) is 7.82. The minimum Gasteiger partial charge on any atom is -0.484 e. The second kappa shape index (κ2) is 16.8. The number of nitrogens with zero attached hydrogens (tertiary/aromatic N) is 3. The van der Waals surface area contributed by atoms with Crippen LogP contribution in [-0.4, -0.2) is 68.6 Å². The largest absolute Gasteiger partial charge is 0.484 e. The molecule has 0 bridgehead atoms. The summed E-state index contributed by atoms with van der Waals surface area (Å²) in [5.41, 5.74) is 2.34. The topological polar surface area (TPSA) is 149 Å². The number of hydrogen-bond acceptors (Lipinski definition) is 6. The average Bonchev–Trinajstić information content (AvgIpc) is 3.11. The van der Waals surface area contributed by atoms with E-state index in [-0.39, 0.29) is 24.8 Å². The number of halogens is 1. The Morgan fingerprint density at radius 2 is 1.41 bits per heavy atom. The van der Waals surface area contributed by atoms with Crippen LogP contribution in [0.1, 0.15) is 18.4 Å². The van der Waals surface area contributed by atoms with Crippen molar-refractivity contribution >= 4 is 64.1 Å². The second-order valence-corrected chi connectivity index (χ2v) is 11.4. The summed E-state index contributed by atoms with van der Waals surface area (Å²) < 4.78 is 5.76. The number of benzene rings is 4. The molecule has 0 saturated carbocycles. The molecule has 0 aromatic heterocycles. The van der Waals surface area contributed by atoms with E-state index in [4.69, 9.17) is 16.3 Å². The number of para-hydroxylation sites is 1. The van der Waals surface area contributed by atoms with Gasteiger partial charge in [0.1, 0.15) is 12.3 Å². The molecular weight excluding hydrogens is 650 g/mol. The minimum atomic E-state index is -1.01. The van der Waals surface area contributed by atoms with E-state index < -0.39 is 36.3 Å². The molecule has 4 aromatic rings. The van der Waals surface area contributed by atoms with Crippen LogP contribution in [0.2, 0.25) is 5.02 Å². The number of carboxylic acid groups (broad SMARTS) is 1. The number of amides is 5. The lowest BCUT2D eigenvalue weighted by atomic mass is 10.0. The van der Waals surface area contributed by atoms with Crippen molar-refractivity contribution in [1.82, 2.24) is 5.32 Å². The standard InChI is InChI=1S/C36H36ClN5O7/c1-24(35(46)47)25-10-7-12-27(18-25)39-36(48)38-21-32(43)42(22-33(44)40(2)28-13-5-4-6-14-28)30-16-9-17-31(20-30)49-23-34(45)41(3)29-15-8-11-26(37)19-29/h4-20,24H,21-23H2,1-3H3,(H,46,47)(H2,38,39,48). The van der Waals surface area contributed by atoms with Gasteiger partial charge >= 0.3 is 12.0 Å². The van der Waals surface area contributed by atoms with Gasteiger partial charge < -0.3 is 35.2 Å². The number of aliphatic carboxylic acids is 1. The highest BCUT2D eigenvalue weighted by atomic mass is 35.5. The van der Waals surface area contributed by atoms with Gasteiger partial charge in [-0.25, -0.2) is 4.79 Å². The van der Waals surface area contributed by atoms with E-state index in [1.54, 1.807) is 99.0 Å². The first-order valence-corrected chi connectivity index (χ1v) is 15.5. The number of hydrogen-bond donors (Lipinski definition) is 3.